The van der Waals surface area contributed by atoms with Gasteiger partial charge in [0.25, 0.3) is 0 Å². The van der Waals surface area contributed by atoms with Crippen LogP contribution in [-0.4, -0.2) is 12.2 Å². The van der Waals surface area contributed by atoms with Crippen molar-refractivity contribution in [2.45, 2.75) is 20.0 Å². The predicted molar refractivity (Wildman–Crippen MR) is 68.1 cm³/mol. The molecule has 0 amide bonds. The summed E-state index contributed by atoms with van der Waals surface area (Å²) in [5, 5.41) is 10.6. The zero-order valence-electron chi connectivity index (χ0n) is 10.3. The van der Waals surface area contributed by atoms with Crippen molar-refractivity contribution < 1.29 is 14.3 Å². The van der Waals surface area contributed by atoms with Crippen LogP contribution < -0.4 is 4.74 Å². The van der Waals surface area contributed by atoms with E-state index in [9.17, 15) is 5.11 Å². The summed E-state index contributed by atoms with van der Waals surface area (Å²) in [7, 11) is 1.58. The number of rotatable bonds is 3. The van der Waals surface area contributed by atoms with E-state index < -0.39 is 6.10 Å². The van der Waals surface area contributed by atoms with Gasteiger partial charge >= 0.3 is 0 Å². The number of fused-ring (bicyclic) bond motifs is 1. The molecule has 0 radical (unpaired) electrons. The summed E-state index contributed by atoms with van der Waals surface area (Å²) in [6.07, 6.45) is -0.572. The van der Waals surface area contributed by atoms with Gasteiger partial charge in [-0.2, -0.15) is 0 Å². The van der Waals surface area contributed by atoms with Gasteiger partial charge in [0.2, 0.25) is 0 Å². The van der Waals surface area contributed by atoms with Crippen LogP contribution in [0, 0.1) is 0 Å². The van der Waals surface area contributed by atoms with Crippen molar-refractivity contribution in [1.29, 1.82) is 0 Å². The van der Waals surface area contributed by atoms with Crippen molar-refractivity contribution >= 4 is 16.5 Å². The zero-order valence-corrected chi connectivity index (χ0v) is 10.3. The van der Waals surface area contributed by atoms with E-state index in [1.807, 2.05) is 19.1 Å². The molecule has 2 rings (SSSR count). The molecule has 0 aliphatic heterocycles. The first-order chi connectivity index (χ1) is 8.02. The third-order valence-corrected chi connectivity index (χ3v) is 2.74. The second kappa shape index (κ2) is 4.26. The highest BCUT2D eigenvalue weighted by atomic mass is 16.5. The quantitative estimate of drug-likeness (QED) is 0.880. The van der Waals surface area contributed by atoms with Crippen LogP contribution in [0.5, 0.6) is 5.75 Å². The first-order valence-corrected chi connectivity index (χ1v) is 5.48. The molecule has 1 unspecified atom stereocenters. The molecule has 1 aromatic carbocycles. The predicted octanol–water partition coefficient (Wildman–Crippen LogP) is 3.53. The molecule has 17 heavy (non-hydrogen) atoms. The Morgan fingerprint density at radius 2 is 2.12 bits per heavy atom. The molecule has 2 aromatic rings. The lowest BCUT2D eigenvalue weighted by molar-refractivity contribution is 0.194. The number of hydrogen-bond donors (Lipinski definition) is 1. The highest BCUT2D eigenvalue weighted by Crippen LogP contribution is 2.33. The number of allylic oxidation sites excluding steroid dienone is 1. The van der Waals surface area contributed by atoms with Gasteiger partial charge in [0.1, 0.15) is 17.1 Å². The molecule has 0 spiro atoms. The summed E-state index contributed by atoms with van der Waals surface area (Å²) in [5.74, 6) is 1.39. The van der Waals surface area contributed by atoms with Crippen molar-refractivity contribution in [3.63, 3.8) is 0 Å². The number of furan rings is 1. The normalized spacial score (nSPS) is 12.7. The van der Waals surface area contributed by atoms with Crippen molar-refractivity contribution in [1.82, 2.24) is 0 Å². The summed E-state index contributed by atoms with van der Waals surface area (Å²) in [6.45, 7) is 7.45. The molecule has 3 heteroatoms. The molecule has 3 nitrogen and oxygen atoms in total. The molecule has 0 aliphatic carbocycles. The van der Waals surface area contributed by atoms with Crippen molar-refractivity contribution in [2.24, 2.45) is 0 Å². The van der Waals surface area contributed by atoms with Gasteiger partial charge in [-0.25, -0.2) is 0 Å². The Balaban J connectivity index is 2.65. The second-order valence-electron chi connectivity index (χ2n) is 4.20. The molecule has 0 saturated heterocycles. The van der Waals surface area contributed by atoms with Crippen LogP contribution in [0.25, 0.3) is 16.5 Å². The van der Waals surface area contributed by atoms with Crippen molar-refractivity contribution in [2.75, 3.05) is 7.11 Å². The highest BCUT2D eigenvalue weighted by molar-refractivity contribution is 5.83. The third kappa shape index (κ3) is 2.06. The van der Waals surface area contributed by atoms with E-state index in [2.05, 4.69) is 6.58 Å². The van der Waals surface area contributed by atoms with Crippen LogP contribution in [-0.2, 0) is 0 Å². The molecule has 1 heterocycles. The van der Waals surface area contributed by atoms with Gasteiger partial charge in [-0.3, -0.25) is 0 Å². The van der Waals surface area contributed by atoms with Gasteiger partial charge in [-0.1, -0.05) is 6.58 Å². The molecular formula is C14H16O3. The Morgan fingerprint density at radius 3 is 2.65 bits per heavy atom. The molecule has 1 N–H and O–H groups in total. The van der Waals surface area contributed by atoms with Gasteiger partial charge in [-0.05, 0) is 31.6 Å². The van der Waals surface area contributed by atoms with Gasteiger partial charge in [0.05, 0.1) is 13.2 Å². The average molecular weight is 232 g/mol. The monoisotopic (exact) mass is 232 g/mol. The summed E-state index contributed by atoms with van der Waals surface area (Å²) < 4.78 is 10.9. The minimum atomic E-state index is -0.572. The van der Waals surface area contributed by atoms with E-state index in [-0.39, 0.29) is 0 Å². The van der Waals surface area contributed by atoms with Gasteiger partial charge < -0.3 is 14.3 Å². The number of hydrogen-bond acceptors (Lipinski definition) is 3. The maximum atomic E-state index is 9.68. The fraction of sp³-hybridized carbons (Fsp3) is 0.286. The fourth-order valence-corrected chi connectivity index (χ4v) is 1.80. The Morgan fingerprint density at radius 1 is 1.41 bits per heavy atom. The third-order valence-electron chi connectivity index (χ3n) is 2.74. The lowest BCUT2D eigenvalue weighted by atomic mass is 10.1. The molecule has 0 saturated carbocycles. The maximum Gasteiger partial charge on any atom is 0.138 e. The standard InChI is InChI=1S/C14H16O3/c1-8(2)12-6-10-5-11(9(3)15)14(16-4)7-13(10)17-12/h5-7,9,15H,1H2,2-4H3. The van der Waals surface area contributed by atoms with Crippen LogP contribution in [0.4, 0.5) is 0 Å². The topological polar surface area (TPSA) is 42.6 Å². The zero-order chi connectivity index (χ0) is 12.6. The number of aliphatic hydroxyl groups is 1. The summed E-state index contributed by atoms with van der Waals surface area (Å²) in [6, 6.07) is 5.60. The molecule has 1 aromatic heterocycles. The van der Waals surface area contributed by atoms with E-state index in [1.165, 1.54) is 0 Å². The van der Waals surface area contributed by atoms with Crippen molar-refractivity contribution in [3.05, 3.63) is 36.1 Å². The minimum Gasteiger partial charge on any atom is -0.496 e. The number of ether oxygens (including phenoxy) is 1. The summed E-state index contributed by atoms with van der Waals surface area (Å²) in [5.41, 5.74) is 2.37. The largest absolute Gasteiger partial charge is 0.496 e. The van der Waals surface area contributed by atoms with Crippen LogP contribution in [0.2, 0.25) is 0 Å². The van der Waals surface area contributed by atoms with E-state index in [0.29, 0.717) is 5.75 Å². The fourth-order valence-electron chi connectivity index (χ4n) is 1.80. The van der Waals surface area contributed by atoms with E-state index in [0.717, 1.165) is 27.9 Å². The van der Waals surface area contributed by atoms with E-state index >= 15 is 0 Å². The van der Waals surface area contributed by atoms with Crippen LogP contribution in [0.15, 0.2) is 29.2 Å². The highest BCUT2D eigenvalue weighted by Gasteiger charge is 2.13. The van der Waals surface area contributed by atoms with Crippen molar-refractivity contribution in [3.8, 4) is 5.75 Å². The van der Waals surface area contributed by atoms with Crippen LogP contribution in [0.3, 0.4) is 0 Å². The lowest BCUT2D eigenvalue weighted by Gasteiger charge is -2.10. The Kier molecular flexibility index (Phi) is 2.94. The van der Waals surface area contributed by atoms with Gasteiger partial charge in [0, 0.05) is 17.0 Å². The number of benzene rings is 1. The SMILES string of the molecule is C=C(C)c1cc2cc(C(C)O)c(OC)cc2o1. The summed E-state index contributed by atoms with van der Waals surface area (Å²) >= 11 is 0. The molecule has 90 valence electrons. The maximum absolute atomic E-state index is 9.68. The van der Waals surface area contributed by atoms with Gasteiger partial charge in [0.15, 0.2) is 0 Å². The molecular weight excluding hydrogens is 216 g/mol. The molecule has 1 atom stereocenters. The first kappa shape index (κ1) is 11.7. The second-order valence-corrected chi connectivity index (χ2v) is 4.20. The Hall–Kier alpha value is -1.74. The smallest absolute Gasteiger partial charge is 0.138 e. The molecule has 0 aliphatic rings. The lowest BCUT2D eigenvalue weighted by Crippen LogP contribution is -1.95. The molecule has 0 bridgehead atoms. The van der Waals surface area contributed by atoms with Gasteiger partial charge in [-0.15, -0.1) is 0 Å². The van der Waals surface area contributed by atoms with E-state index in [4.69, 9.17) is 9.15 Å². The van der Waals surface area contributed by atoms with E-state index in [1.54, 1.807) is 20.1 Å². The first-order valence-electron chi connectivity index (χ1n) is 5.48. The minimum absolute atomic E-state index is 0.572. The Labute approximate surface area is 100 Å². The average Bonchev–Trinajstić information content (AvgIpc) is 2.69. The Bertz CT molecular complexity index is 564. The number of aliphatic hydroxyl groups excluding tert-OH is 1. The summed E-state index contributed by atoms with van der Waals surface area (Å²) in [4.78, 5) is 0. The molecule has 0 fully saturated rings. The van der Waals surface area contributed by atoms with Crippen LogP contribution in [0.1, 0.15) is 31.3 Å². The van der Waals surface area contributed by atoms with Crippen LogP contribution >= 0.6 is 0 Å². The number of methoxy groups -OCH3 is 1.